The smallest absolute Gasteiger partial charge is 0.119 e. The summed E-state index contributed by atoms with van der Waals surface area (Å²) in [6, 6.07) is 5.95. The molecule has 1 fully saturated rings. The van der Waals surface area contributed by atoms with Gasteiger partial charge in [0.2, 0.25) is 0 Å². The van der Waals surface area contributed by atoms with Gasteiger partial charge in [-0.25, -0.2) is 0 Å². The molecule has 0 bridgehead atoms. The molecule has 1 atom stereocenters. The van der Waals surface area contributed by atoms with Gasteiger partial charge in [-0.15, -0.1) is 0 Å². The summed E-state index contributed by atoms with van der Waals surface area (Å²) in [6.45, 7) is 5.33. The summed E-state index contributed by atoms with van der Waals surface area (Å²) >= 11 is 3.58. The van der Waals surface area contributed by atoms with Crippen LogP contribution < -0.4 is 4.74 Å². The van der Waals surface area contributed by atoms with Crippen molar-refractivity contribution in [2.75, 3.05) is 26.7 Å². The summed E-state index contributed by atoms with van der Waals surface area (Å²) in [4.78, 5) is 2.42. The van der Waals surface area contributed by atoms with E-state index in [1.165, 1.54) is 0 Å². The Balaban J connectivity index is 2.11. The van der Waals surface area contributed by atoms with Gasteiger partial charge in [-0.2, -0.15) is 0 Å². The first-order valence-electron chi connectivity index (χ1n) is 7.33. The van der Waals surface area contributed by atoms with Crippen molar-refractivity contribution in [3.05, 3.63) is 28.2 Å². The number of hydrogen-bond donors (Lipinski definition) is 1. The number of ether oxygens (including phenoxy) is 1. The molecule has 1 aliphatic rings. The Morgan fingerprint density at radius 1 is 1.35 bits per heavy atom. The molecule has 1 saturated heterocycles. The topological polar surface area (TPSA) is 32.7 Å². The Hall–Kier alpha value is -0.580. The summed E-state index contributed by atoms with van der Waals surface area (Å²) < 4.78 is 6.33. The minimum absolute atomic E-state index is 0.598. The third kappa shape index (κ3) is 3.96. The molecule has 1 aromatic rings. The fraction of sp³-hybridized carbons (Fsp3) is 0.625. The van der Waals surface area contributed by atoms with Crippen LogP contribution in [-0.2, 0) is 6.42 Å². The number of hydrogen-bond acceptors (Lipinski definition) is 3. The highest BCUT2D eigenvalue weighted by Gasteiger charge is 2.30. The van der Waals surface area contributed by atoms with Crippen LogP contribution in [0.15, 0.2) is 22.7 Å². The molecule has 2 rings (SSSR count). The average molecular weight is 342 g/mol. The van der Waals surface area contributed by atoms with Gasteiger partial charge in [0.05, 0.1) is 12.7 Å². The normalized spacial score (nSPS) is 24.4. The molecule has 3 nitrogen and oxygen atoms in total. The molecular weight excluding hydrogens is 318 g/mol. The molecule has 112 valence electrons. The van der Waals surface area contributed by atoms with E-state index in [1.807, 2.05) is 18.2 Å². The average Bonchev–Trinajstić information content (AvgIpc) is 2.63. The summed E-state index contributed by atoms with van der Waals surface area (Å²) in [5.74, 6) is 0.843. The van der Waals surface area contributed by atoms with Crippen molar-refractivity contribution in [2.45, 2.75) is 38.2 Å². The first-order chi connectivity index (χ1) is 9.56. The lowest BCUT2D eigenvalue weighted by Crippen LogP contribution is -2.33. The van der Waals surface area contributed by atoms with Gasteiger partial charge in [0, 0.05) is 17.4 Å². The van der Waals surface area contributed by atoms with Gasteiger partial charge in [0.15, 0.2) is 0 Å². The van der Waals surface area contributed by atoms with Crippen LogP contribution in [0.25, 0.3) is 0 Å². The molecule has 0 aromatic heterocycles. The minimum Gasteiger partial charge on any atom is -0.497 e. The Morgan fingerprint density at radius 2 is 2.15 bits per heavy atom. The number of rotatable bonds is 4. The first kappa shape index (κ1) is 15.8. The van der Waals surface area contributed by atoms with E-state index in [1.54, 1.807) is 7.11 Å². The molecule has 1 aromatic carbocycles. The zero-order chi connectivity index (χ0) is 14.6. The lowest BCUT2D eigenvalue weighted by Gasteiger charge is -2.27. The molecular formula is C16H24BrNO2. The van der Waals surface area contributed by atoms with Crippen LogP contribution in [-0.4, -0.2) is 42.4 Å². The maximum absolute atomic E-state index is 10.9. The maximum Gasteiger partial charge on any atom is 0.119 e. The summed E-state index contributed by atoms with van der Waals surface area (Å²) in [5.41, 5.74) is 0.524. The van der Waals surface area contributed by atoms with E-state index in [2.05, 4.69) is 27.8 Å². The van der Waals surface area contributed by atoms with Crippen LogP contribution in [0.1, 0.15) is 31.7 Å². The molecule has 0 amide bonds. The number of nitrogens with zero attached hydrogens (tertiary/aromatic N) is 1. The summed E-state index contributed by atoms with van der Waals surface area (Å²) in [6.07, 6.45) is 3.45. The van der Waals surface area contributed by atoms with Crippen molar-refractivity contribution in [3.63, 3.8) is 0 Å². The summed E-state index contributed by atoms with van der Waals surface area (Å²) in [5, 5.41) is 10.9. The Kier molecular flexibility index (Phi) is 5.47. The highest BCUT2D eigenvalue weighted by molar-refractivity contribution is 9.10. The Morgan fingerprint density at radius 3 is 2.85 bits per heavy atom. The molecule has 0 spiro atoms. The van der Waals surface area contributed by atoms with Gasteiger partial charge >= 0.3 is 0 Å². The molecule has 1 heterocycles. The van der Waals surface area contributed by atoms with E-state index >= 15 is 0 Å². The van der Waals surface area contributed by atoms with Gasteiger partial charge in [-0.1, -0.05) is 22.9 Å². The van der Waals surface area contributed by atoms with Gasteiger partial charge in [0.25, 0.3) is 0 Å². The largest absolute Gasteiger partial charge is 0.497 e. The van der Waals surface area contributed by atoms with Crippen LogP contribution in [0.5, 0.6) is 5.75 Å². The number of halogens is 1. The lowest BCUT2D eigenvalue weighted by atomic mass is 9.88. The van der Waals surface area contributed by atoms with Crippen molar-refractivity contribution in [3.8, 4) is 5.75 Å². The van der Waals surface area contributed by atoms with E-state index in [0.717, 1.165) is 54.7 Å². The monoisotopic (exact) mass is 341 g/mol. The van der Waals surface area contributed by atoms with E-state index in [0.29, 0.717) is 6.42 Å². The predicted octanol–water partition coefficient (Wildman–Crippen LogP) is 3.24. The van der Waals surface area contributed by atoms with E-state index < -0.39 is 5.60 Å². The maximum atomic E-state index is 10.9. The highest BCUT2D eigenvalue weighted by Crippen LogP contribution is 2.31. The lowest BCUT2D eigenvalue weighted by molar-refractivity contribution is 0.0256. The van der Waals surface area contributed by atoms with Gasteiger partial charge < -0.3 is 14.7 Å². The standard InChI is InChI=1S/C16H24BrNO2/c1-3-18-9-4-7-16(19,8-10-18)12-13-11-14(20-2)5-6-15(13)17/h5-6,11,19H,3-4,7-10,12H2,1-2H3. The van der Waals surface area contributed by atoms with E-state index in [-0.39, 0.29) is 0 Å². The van der Waals surface area contributed by atoms with Crippen molar-refractivity contribution < 1.29 is 9.84 Å². The highest BCUT2D eigenvalue weighted by atomic mass is 79.9. The van der Waals surface area contributed by atoms with Gasteiger partial charge in [-0.3, -0.25) is 0 Å². The Bertz CT molecular complexity index is 452. The molecule has 1 unspecified atom stereocenters. The molecule has 1 N–H and O–H groups in total. The van der Waals surface area contributed by atoms with Gasteiger partial charge in [0.1, 0.15) is 5.75 Å². The third-order valence-electron chi connectivity index (χ3n) is 4.23. The molecule has 0 radical (unpaired) electrons. The second-order valence-electron chi connectivity index (χ2n) is 5.65. The molecule has 0 aliphatic carbocycles. The van der Waals surface area contributed by atoms with Crippen molar-refractivity contribution in [2.24, 2.45) is 0 Å². The number of aliphatic hydroxyl groups is 1. The number of methoxy groups -OCH3 is 1. The molecule has 20 heavy (non-hydrogen) atoms. The predicted molar refractivity (Wildman–Crippen MR) is 85.3 cm³/mol. The first-order valence-corrected chi connectivity index (χ1v) is 8.13. The second-order valence-corrected chi connectivity index (χ2v) is 6.50. The summed E-state index contributed by atoms with van der Waals surface area (Å²) in [7, 11) is 1.67. The van der Waals surface area contributed by atoms with Crippen LogP contribution in [0, 0.1) is 0 Å². The van der Waals surface area contributed by atoms with Crippen LogP contribution >= 0.6 is 15.9 Å². The van der Waals surface area contributed by atoms with Crippen molar-refractivity contribution in [1.29, 1.82) is 0 Å². The van der Waals surface area contributed by atoms with E-state index in [9.17, 15) is 5.11 Å². The molecule has 0 saturated carbocycles. The number of likely N-dealkylation sites (tertiary alicyclic amines) is 1. The SMILES string of the molecule is CCN1CCCC(O)(Cc2cc(OC)ccc2Br)CC1. The molecule has 4 heteroatoms. The zero-order valence-corrected chi connectivity index (χ0v) is 13.9. The van der Waals surface area contributed by atoms with Crippen LogP contribution in [0.3, 0.4) is 0 Å². The minimum atomic E-state index is -0.598. The zero-order valence-electron chi connectivity index (χ0n) is 12.4. The van der Waals surface area contributed by atoms with Crippen molar-refractivity contribution >= 4 is 15.9 Å². The van der Waals surface area contributed by atoms with E-state index in [4.69, 9.17) is 4.74 Å². The molecule has 1 aliphatic heterocycles. The number of benzene rings is 1. The van der Waals surface area contributed by atoms with Gasteiger partial charge in [-0.05, 0) is 56.1 Å². The van der Waals surface area contributed by atoms with Crippen LogP contribution in [0.2, 0.25) is 0 Å². The van der Waals surface area contributed by atoms with Crippen molar-refractivity contribution in [1.82, 2.24) is 4.90 Å². The fourth-order valence-corrected chi connectivity index (χ4v) is 3.28. The quantitative estimate of drug-likeness (QED) is 0.912. The second kappa shape index (κ2) is 6.92. The Labute approximate surface area is 130 Å². The van der Waals surface area contributed by atoms with Crippen LogP contribution in [0.4, 0.5) is 0 Å². The fourth-order valence-electron chi connectivity index (χ4n) is 2.90. The third-order valence-corrected chi connectivity index (χ3v) is 5.00.